The molecule has 1 unspecified atom stereocenters. The van der Waals surface area contributed by atoms with Crippen molar-refractivity contribution in [1.82, 2.24) is 14.1 Å². The Morgan fingerprint density at radius 1 is 1.21 bits per heavy atom. The maximum atomic E-state index is 13.0. The van der Waals surface area contributed by atoms with Gasteiger partial charge in [0.1, 0.15) is 5.75 Å². The lowest BCUT2D eigenvalue weighted by atomic mass is 10.0. The molecule has 7 nitrogen and oxygen atoms in total. The Hall–Kier alpha value is -1.64. The van der Waals surface area contributed by atoms with Crippen molar-refractivity contribution in [3.63, 3.8) is 0 Å². The van der Waals surface area contributed by atoms with Gasteiger partial charge < -0.3 is 14.5 Å². The average molecular weight is 424 g/mol. The molecule has 2 heterocycles. The van der Waals surface area contributed by atoms with Crippen molar-refractivity contribution in [3.05, 3.63) is 29.8 Å². The number of likely N-dealkylation sites (tertiary alicyclic amines) is 2. The number of amides is 1. The maximum Gasteiger partial charge on any atom is 0.254 e. The Balaban J connectivity index is 1.64. The standard InChI is InChI=1S/C21H33N3O4S/c1-28-20-10-5-8-18(16-20)21(25)23-14-6-9-19(17-23)24(29(2,26)27)15-7-13-22-11-3-4-12-22/h5,8,10,16,19H,3-4,6-7,9,11-15,17H2,1-2H3. The molecule has 2 fully saturated rings. The molecule has 0 saturated carbocycles. The van der Waals surface area contributed by atoms with Crippen LogP contribution >= 0.6 is 0 Å². The van der Waals surface area contributed by atoms with Crippen molar-refractivity contribution in [3.8, 4) is 5.75 Å². The number of piperidine rings is 1. The van der Waals surface area contributed by atoms with Gasteiger partial charge in [-0.2, -0.15) is 4.31 Å². The Kier molecular flexibility index (Phi) is 7.54. The minimum atomic E-state index is -3.33. The third-order valence-corrected chi connectivity index (χ3v) is 7.22. The first kappa shape index (κ1) is 22.1. The second-order valence-corrected chi connectivity index (χ2v) is 9.99. The van der Waals surface area contributed by atoms with Gasteiger partial charge in [0.2, 0.25) is 10.0 Å². The number of sulfonamides is 1. The van der Waals surface area contributed by atoms with Crippen LogP contribution in [0.4, 0.5) is 0 Å². The Labute approximate surface area is 174 Å². The zero-order valence-electron chi connectivity index (χ0n) is 17.5. The van der Waals surface area contributed by atoms with E-state index in [4.69, 9.17) is 4.74 Å². The highest BCUT2D eigenvalue weighted by atomic mass is 32.2. The highest BCUT2D eigenvalue weighted by Gasteiger charge is 2.32. The molecule has 2 aliphatic rings. The number of nitrogens with zero attached hydrogens (tertiary/aromatic N) is 3. The zero-order valence-corrected chi connectivity index (χ0v) is 18.4. The molecule has 0 N–H and O–H groups in total. The minimum absolute atomic E-state index is 0.0703. The fourth-order valence-electron chi connectivity index (χ4n) is 4.39. The number of rotatable bonds is 8. The molecule has 0 aromatic heterocycles. The summed E-state index contributed by atoms with van der Waals surface area (Å²) in [6.07, 6.45) is 6.18. The molecule has 1 amide bonds. The average Bonchev–Trinajstić information content (AvgIpc) is 3.23. The number of ether oxygens (including phenoxy) is 1. The number of hydrogen-bond acceptors (Lipinski definition) is 5. The quantitative estimate of drug-likeness (QED) is 0.640. The van der Waals surface area contributed by atoms with Crippen LogP contribution in [0.5, 0.6) is 5.75 Å². The van der Waals surface area contributed by atoms with Gasteiger partial charge >= 0.3 is 0 Å². The van der Waals surface area contributed by atoms with E-state index in [1.165, 1.54) is 19.1 Å². The summed E-state index contributed by atoms with van der Waals surface area (Å²) in [7, 11) is -1.75. The Bertz CT molecular complexity index is 793. The number of carbonyl (C=O) groups is 1. The van der Waals surface area contributed by atoms with Gasteiger partial charge in [0.15, 0.2) is 0 Å². The predicted octanol–water partition coefficient (Wildman–Crippen LogP) is 2.05. The van der Waals surface area contributed by atoms with Crippen LogP contribution in [0.3, 0.4) is 0 Å². The van der Waals surface area contributed by atoms with Crippen molar-refractivity contribution in [2.45, 2.75) is 38.1 Å². The molecule has 3 rings (SSSR count). The topological polar surface area (TPSA) is 70.2 Å². The van der Waals surface area contributed by atoms with Gasteiger partial charge in [0, 0.05) is 31.2 Å². The van der Waals surface area contributed by atoms with Crippen molar-refractivity contribution in [1.29, 1.82) is 0 Å². The minimum Gasteiger partial charge on any atom is -0.497 e. The van der Waals surface area contributed by atoms with Gasteiger partial charge in [-0.3, -0.25) is 4.79 Å². The van der Waals surface area contributed by atoms with E-state index < -0.39 is 10.0 Å². The normalized spacial score (nSPS) is 20.9. The molecule has 0 bridgehead atoms. The van der Waals surface area contributed by atoms with E-state index in [9.17, 15) is 13.2 Å². The maximum absolute atomic E-state index is 13.0. The first-order chi connectivity index (χ1) is 13.9. The van der Waals surface area contributed by atoms with E-state index in [0.29, 0.717) is 30.9 Å². The fourth-order valence-corrected chi connectivity index (χ4v) is 5.56. The Morgan fingerprint density at radius 3 is 2.66 bits per heavy atom. The number of carbonyl (C=O) groups excluding carboxylic acids is 1. The molecular weight excluding hydrogens is 390 g/mol. The van der Waals surface area contributed by atoms with Crippen molar-refractivity contribution in [2.24, 2.45) is 0 Å². The summed E-state index contributed by atoms with van der Waals surface area (Å²) in [4.78, 5) is 17.2. The third-order valence-electron chi connectivity index (χ3n) is 5.89. The summed E-state index contributed by atoms with van der Waals surface area (Å²) < 4.78 is 31.8. The number of hydrogen-bond donors (Lipinski definition) is 0. The second-order valence-electron chi connectivity index (χ2n) is 8.06. The lowest BCUT2D eigenvalue weighted by Crippen LogP contribution is -2.51. The summed E-state index contributed by atoms with van der Waals surface area (Å²) in [6, 6.07) is 6.96. The van der Waals surface area contributed by atoms with Gasteiger partial charge in [0.25, 0.3) is 5.91 Å². The van der Waals surface area contributed by atoms with E-state index in [1.54, 1.807) is 34.5 Å². The predicted molar refractivity (Wildman–Crippen MR) is 114 cm³/mol. The lowest BCUT2D eigenvalue weighted by Gasteiger charge is -2.38. The molecule has 8 heteroatoms. The molecule has 0 spiro atoms. The van der Waals surface area contributed by atoms with Gasteiger partial charge in [0.05, 0.1) is 13.4 Å². The van der Waals surface area contributed by atoms with Crippen LogP contribution in [0.1, 0.15) is 42.5 Å². The number of benzene rings is 1. The van der Waals surface area contributed by atoms with Gasteiger partial charge in [-0.1, -0.05) is 6.07 Å². The van der Waals surface area contributed by atoms with Crippen LogP contribution in [-0.4, -0.2) is 87.1 Å². The molecular formula is C21H33N3O4S. The molecule has 1 atom stereocenters. The molecule has 0 radical (unpaired) electrons. The van der Waals surface area contributed by atoms with E-state index in [-0.39, 0.29) is 11.9 Å². The first-order valence-electron chi connectivity index (χ1n) is 10.5. The summed E-state index contributed by atoms with van der Waals surface area (Å²) >= 11 is 0. The van der Waals surface area contributed by atoms with Gasteiger partial charge in [-0.05, 0) is 69.9 Å². The van der Waals surface area contributed by atoms with Crippen molar-refractivity contribution in [2.75, 3.05) is 52.6 Å². The van der Waals surface area contributed by atoms with Crippen LogP contribution in [0.25, 0.3) is 0 Å². The van der Waals surface area contributed by atoms with Crippen LogP contribution in [0, 0.1) is 0 Å². The highest BCUT2D eigenvalue weighted by Crippen LogP contribution is 2.22. The summed E-state index contributed by atoms with van der Waals surface area (Å²) in [5, 5.41) is 0. The van der Waals surface area contributed by atoms with E-state index in [1.807, 2.05) is 6.07 Å². The smallest absolute Gasteiger partial charge is 0.254 e. The van der Waals surface area contributed by atoms with E-state index in [2.05, 4.69) is 4.90 Å². The summed E-state index contributed by atoms with van der Waals surface area (Å²) in [5.74, 6) is 0.572. The van der Waals surface area contributed by atoms with Gasteiger partial charge in [-0.15, -0.1) is 0 Å². The molecule has 2 aliphatic heterocycles. The monoisotopic (exact) mass is 423 g/mol. The highest BCUT2D eigenvalue weighted by molar-refractivity contribution is 7.88. The SMILES string of the molecule is COc1cccc(C(=O)N2CCCC(N(CCCN3CCCC3)S(C)(=O)=O)C2)c1. The van der Waals surface area contributed by atoms with E-state index >= 15 is 0 Å². The zero-order chi connectivity index (χ0) is 20.9. The molecule has 0 aliphatic carbocycles. The first-order valence-corrected chi connectivity index (χ1v) is 12.4. The van der Waals surface area contributed by atoms with Crippen molar-refractivity contribution < 1.29 is 17.9 Å². The lowest BCUT2D eigenvalue weighted by molar-refractivity contribution is 0.0652. The Morgan fingerprint density at radius 2 is 1.97 bits per heavy atom. The summed E-state index contributed by atoms with van der Waals surface area (Å²) in [5.41, 5.74) is 0.574. The number of methoxy groups -OCH3 is 1. The van der Waals surface area contributed by atoms with Crippen LogP contribution in [0.15, 0.2) is 24.3 Å². The third kappa shape index (κ3) is 5.93. The van der Waals surface area contributed by atoms with Crippen molar-refractivity contribution >= 4 is 15.9 Å². The van der Waals surface area contributed by atoms with Crippen LogP contribution in [0.2, 0.25) is 0 Å². The van der Waals surface area contributed by atoms with Crippen LogP contribution < -0.4 is 4.74 Å². The van der Waals surface area contributed by atoms with Crippen LogP contribution in [-0.2, 0) is 10.0 Å². The van der Waals surface area contributed by atoms with Gasteiger partial charge in [-0.25, -0.2) is 8.42 Å². The van der Waals surface area contributed by atoms with E-state index in [0.717, 1.165) is 38.9 Å². The molecule has 2 saturated heterocycles. The molecule has 162 valence electrons. The fraction of sp³-hybridized carbons (Fsp3) is 0.667. The molecule has 29 heavy (non-hydrogen) atoms. The molecule has 1 aromatic rings. The second kappa shape index (κ2) is 9.91. The summed E-state index contributed by atoms with van der Waals surface area (Å²) in [6.45, 7) is 4.77. The largest absolute Gasteiger partial charge is 0.497 e. The molecule has 1 aromatic carbocycles.